The van der Waals surface area contributed by atoms with Gasteiger partial charge in [-0.25, -0.2) is 17.9 Å². The molecule has 1 aliphatic heterocycles. The van der Waals surface area contributed by atoms with E-state index >= 15 is 0 Å². The third-order valence-corrected chi connectivity index (χ3v) is 5.81. The van der Waals surface area contributed by atoms with Crippen LogP contribution >= 0.6 is 0 Å². The van der Waals surface area contributed by atoms with E-state index in [2.05, 4.69) is 4.72 Å². The first-order valence-electron chi connectivity index (χ1n) is 7.96. The minimum atomic E-state index is -3.83. The average molecular weight is 336 g/mol. The topological polar surface area (TPSA) is 66.5 Å². The lowest BCUT2D eigenvalue weighted by Crippen LogP contribution is -2.43. The van der Waals surface area contributed by atoms with Gasteiger partial charge in [0.1, 0.15) is 0 Å². The van der Waals surface area contributed by atoms with Crippen molar-refractivity contribution in [2.75, 3.05) is 13.1 Å². The molecule has 0 spiro atoms. The van der Waals surface area contributed by atoms with Crippen molar-refractivity contribution in [3.8, 4) is 0 Å². The number of urea groups is 1. The number of likely N-dealkylation sites (tertiary alicyclic amines) is 1. The van der Waals surface area contributed by atoms with E-state index in [0.717, 1.165) is 31.2 Å². The van der Waals surface area contributed by atoms with E-state index in [4.69, 9.17) is 0 Å². The highest BCUT2D eigenvalue weighted by Gasteiger charge is 2.23. The number of benzene rings is 1. The van der Waals surface area contributed by atoms with Crippen molar-refractivity contribution in [3.63, 3.8) is 0 Å². The van der Waals surface area contributed by atoms with Gasteiger partial charge < -0.3 is 4.90 Å². The molecule has 1 saturated heterocycles. The van der Waals surface area contributed by atoms with Crippen LogP contribution < -0.4 is 4.72 Å². The first kappa shape index (κ1) is 17.5. The van der Waals surface area contributed by atoms with Crippen LogP contribution in [-0.4, -0.2) is 32.4 Å². The zero-order valence-corrected chi connectivity index (χ0v) is 14.5. The third kappa shape index (κ3) is 4.58. The van der Waals surface area contributed by atoms with Gasteiger partial charge in [-0.2, -0.15) is 0 Å². The van der Waals surface area contributed by atoms with Gasteiger partial charge in [0.05, 0.1) is 4.91 Å². The van der Waals surface area contributed by atoms with E-state index in [9.17, 15) is 13.2 Å². The van der Waals surface area contributed by atoms with Crippen LogP contribution in [0.25, 0.3) is 5.57 Å². The number of allylic oxidation sites excluding steroid dienone is 2. The maximum absolute atomic E-state index is 12.5. The summed E-state index contributed by atoms with van der Waals surface area (Å²) < 4.78 is 27.1. The number of carbonyl (C=O) groups is 1. The van der Waals surface area contributed by atoms with Crippen LogP contribution in [-0.2, 0) is 10.0 Å². The molecule has 0 atom stereocenters. The van der Waals surface area contributed by atoms with Gasteiger partial charge in [0, 0.05) is 13.1 Å². The van der Waals surface area contributed by atoms with Gasteiger partial charge in [0.25, 0.3) is 10.0 Å². The smallest absolute Gasteiger partial charge is 0.324 e. The fraction of sp³-hybridized carbons (Fsp3) is 0.471. The summed E-state index contributed by atoms with van der Waals surface area (Å²) in [5.41, 5.74) is 1.47. The maximum Gasteiger partial charge on any atom is 0.331 e. The summed E-state index contributed by atoms with van der Waals surface area (Å²) >= 11 is 0. The van der Waals surface area contributed by atoms with Crippen molar-refractivity contribution < 1.29 is 13.2 Å². The van der Waals surface area contributed by atoms with Crippen molar-refractivity contribution in [1.29, 1.82) is 0 Å². The largest absolute Gasteiger partial charge is 0.331 e. The molecule has 0 radical (unpaired) electrons. The zero-order valence-electron chi connectivity index (χ0n) is 13.7. The van der Waals surface area contributed by atoms with Crippen molar-refractivity contribution in [3.05, 3.63) is 40.8 Å². The van der Waals surface area contributed by atoms with E-state index in [-0.39, 0.29) is 4.91 Å². The molecule has 1 aromatic rings. The molecule has 0 aliphatic carbocycles. The number of nitrogens with one attached hydrogen (secondary N) is 1. The van der Waals surface area contributed by atoms with Gasteiger partial charge in [0.15, 0.2) is 0 Å². The molecule has 1 aromatic carbocycles. The molecule has 126 valence electrons. The second kappa shape index (κ2) is 7.64. The predicted molar refractivity (Wildman–Crippen MR) is 92.2 cm³/mol. The monoisotopic (exact) mass is 336 g/mol. The van der Waals surface area contributed by atoms with Gasteiger partial charge in [0.2, 0.25) is 0 Å². The molecule has 2 amide bonds. The van der Waals surface area contributed by atoms with Crippen LogP contribution in [0.2, 0.25) is 0 Å². The number of rotatable bonds is 3. The first-order chi connectivity index (χ1) is 10.9. The van der Waals surface area contributed by atoms with E-state index in [1.54, 1.807) is 11.8 Å². The average Bonchev–Trinajstić information content (AvgIpc) is 2.83. The zero-order chi connectivity index (χ0) is 16.9. The molecule has 23 heavy (non-hydrogen) atoms. The number of hydrogen-bond donors (Lipinski definition) is 1. The summed E-state index contributed by atoms with van der Waals surface area (Å²) in [5, 5.41) is 0. The Kier molecular flexibility index (Phi) is 5.82. The SMILES string of the molecule is CC(=C(C)S(=O)(=O)NC(=O)N1CCCCCC1)c1ccccc1. The van der Waals surface area contributed by atoms with E-state index in [1.807, 2.05) is 30.3 Å². The van der Waals surface area contributed by atoms with Crippen LogP contribution in [0.4, 0.5) is 4.79 Å². The Labute approximate surface area is 138 Å². The van der Waals surface area contributed by atoms with Crippen molar-refractivity contribution in [2.24, 2.45) is 0 Å². The summed E-state index contributed by atoms with van der Waals surface area (Å²) in [6, 6.07) is 8.77. The number of nitrogens with zero attached hydrogens (tertiary/aromatic N) is 1. The van der Waals surface area contributed by atoms with Crippen molar-refractivity contribution >= 4 is 21.6 Å². The predicted octanol–water partition coefficient (Wildman–Crippen LogP) is 3.35. The number of sulfonamides is 1. The molecule has 1 heterocycles. The molecule has 1 aliphatic rings. The van der Waals surface area contributed by atoms with E-state index in [1.165, 1.54) is 6.92 Å². The van der Waals surface area contributed by atoms with Crippen LogP contribution in [0.15, 0.2) is 35.2 Å². The molecule has 1 N–H and O–H groups in total. The highest BCUT2D eigenvalue weighted by Crippen LogP contribution is 2.21. The summed E-state index contributed by atoms with van der Waals surface area (Å²) in [5.74, 6) is 0. The lowest BCUT2D eigenvalue weighted by molar-refractivity contribution is 0.206. The fourth-order valence-electron chi connectivity index (χ4n) is 2.62. The minimum Gasteiger partial charge on any atom is -0.324 e. The number of hydrogen-bond acceptors (Lipinski definition) is 3. The van der Waals surface area contributed by atoms with Gasteiger partial charge in [-0.15, -0.1) is 0 Å². The van der Waals surface area contributed by atoms with Crippen molar-refractivity contribution in [1.82, 2.24) is 9.62 Å². The molecule has 0 aromatic heterocycles. The summed E-state index contributed by atoms with van der Waals surface area (Å²) in [6.45, 7) is 4.50. The van der Waals surface area contributed by atoms with Crippen LogP contribution in [0.5, 0.6) is 0 Å². The van der Waals surface area contributed by atoms with Crippen LogP contribution in [0, 0.1) is 0 Å². The Morgan fingerprint density at radius 2 is 1.57 bits per heavy atom. The summed E-state index contributed by atoms with van der Waals surface area (Å²) in [7, 11) is -3.83. The van der Waals surface area contributed by atoms with Crippen molar-refractivity contribution in [2.45, 2.75) is 39.5 Å². The van der Waals surface area contributed by atoms with Gasteiger partial charge in [-0.1, -0.05) is 43.2 Å². The Hall–Kier alpha value is -1.82. The normalized spacial score (nSPS) is 17.2. The lowest BCUT2D eigenvalue weighted by Gasteiger charge is -2.21. The number of carbonyl (C=O) groups excluding carboxylic acids is 1. The Balaban J connectivity index is 2.15. The fourth-order valence-corrected chi connectivity index (χ4v) is 3.66. The van der Waals surface area contributed by atoms with E-state index in [0.29, 0.717) is 18.7 Å². The Bertz CT molecular complexity index is 673. The second-order valence-corrected chi connectivity index (χ2v) is 7.68. The third-order valence-electron chi connectivity index (χ3n) is 4.25. The first-order valence-corrected chi connectivity index (χ1v) is 9.45. The minimum absolute atomic E-state index is 0.173. The molecule has 0 saturated carbocycles. The van der Waals surface area contributed by atoms with Crippen LogP contribution in [0.1, 0.15) is 45.1 Å². The lowest BCUT2D eigenvalue weighted by atomic mass is 10.1. The highest BCUT2D eigenvalue weighted by molar-refractivity contribution is 7.94. The standard InChI is InChI=1S/C17H24N2O3S/c1-14(16-10-6-5-7-11-16)15(2)23(21,22)18-17(20)19-12-8-3-4-9-13-19/h5-7,10-11H,3-4,8-9,12-13H2,1-2H3,(H,18,20). The molecule has 0 unspecified atom stereocenters. The van der Waals surface area contributed by atoms with Gasteiger partial charge in [-0.05, 0) is 37.8 Å². The molecule has 0 bridgehead atoms. The quantitative estimate of drug-likeness (QED) is 0.920. The number of amides is 2. The summed E-state index contributed by atoms with van der Waals surface area (Å²) in [4.78, 5) is 14.0. The molecule has 5 nitrogen and oxygen atoms in total. The Morgan fingerprint density at radius 1 is 1.00 bits per heavy atom. The molecular formula is C17H24N2O3S. The molecule has 2 rings (SSSR count). The molecule has 6 heteroatoms. The Morgan fingerprint density at radius 3 is 2.13 bits per heavy atom. The molecular weight excluding hydrogens is 312 g/mol. The van der Waals surface area contributed by atoms with E-state index < -0.39 is 16.1 Å². The van der Waals surface area contributed by atoms with Gasteiger partial charge in [-0.3, -0.25) is 0 Å². The highest BCUT2D eigenvalue weighted by atomic mass is 32.2. The maximum atomic E-state index is 12.5. The second-order valence-electron chi connectivity index (χ2n) is 5.86. The molecule has 1 fully saturated rings. The van der Waals surface area contributed by atoms with Crippen LogP contribution in [0.3, 0.4) is 0 Å². The van der Waals surface area contributed by atoms with Gasteiger partial charge >= 0.3 is 6.03 Å². The summed E-state index contributed by atoms with van der Waals surface area (Å²) in [6.07, 6.45) is 4.02.